The molecule has 0 atom stereocenters. The van der Waals surface area contributed by atoms with Crippen LogP contribution in [0.1, 0.15) is 31.4 Å². The Morgan fingerprint density at radius 3 is 2.45 bits per heavy atom. The lowest BCUT2D eigenvalue weighted by Gasteiger charge is -2.32. The number of hydrogen-bond acceptors (Lipinski definition) is 3. The van der Waals surface area contributed by atoms with Crippen molar-refractivity contribution in [3.63, 3.8) is 0 Å². The molecule has 0 bridgehead atoms. The second-order valence-electron chi connectivity index (χ2n) is 6.55. The summed E-state index contributed by atoms with van der Waals surface area (Å²) >= 11 is 0. The molecule has 0 amide bonds. The van der Waals surface area contributed by atoms with E-state index in [2.05, 4.69) is 34.5 Å². The second kappa shape index (κ2) is 6.27. The smallest absolute Gasteiger partial charge is 0.134 e. The lowest BCUT2D eigenvalue weighted by Crippen LogP contribution is -2.43. The lowest BCUT2D eigenvalue weighted by molar-refractivity contribution is 0.187. The van der Waals surface area contributed by atoms with Gasteiger partial charge >= 0.3 is 0 Å². The average Bonchev–Trinajstić information content (AvgIpc) is 3.32. The Bertz CT molecular complexity index is 595. The molecule has 0 unspecified atom stereocenters. The minimum absolute atomic E-state index is 0.639. The summed E-state index contributed by atoms with van der Waals surface area (Å²) in [6.07, 6.45) is 5.38. The number of piperidine rings is 1. The van der Waals surface area contributed by atoms with Gasteiger partial charge in [-0.2, -0.15) is 0 Å². The molecule has 1 saturated carbocycles. The summed E-state index contributed by atoms with van der Waals surface area (Å²) in [7, 11) is 0. The van der Waals surface area contributed by atoms with E-state index in [0.717, 1.165) is 29.7 Å². The summed E-state index contributed by atoms with van der Waals surface area (Å²) < 4.78 is 5.96. The van der Waals surface area contributed by atoms with Crippen LogP contribution in [0.5, 0.6) is 0 Å². The number of hydrogen-bond donors (Lipinski definition) is 1. The molecule has 3 heteroatoms. The third-order valence-electron chi connectivity index (χ3n) is 4.88. The van der Waals surface area contributed by atoms with Crippen molar-refractivity contribution in [2.45, 2.75) is 44.3 Å². The van der Waals surface area contributed by atoms with Gasteiger partial charge in [0, 0.05) is 17.6 Å². The Labute approximate surface area is 132 Å². The fourth-order valence-corrected chi connectivity index (χ4v) is 3.38. The van der Waals surface area contributed by atoms with Crippen LogP contribution in [0.15, 0.2) is 46.9 Å². The van der Waals surface area contributed by atoms with Gasteiger partial charge in [0.25, 0.3) is 0 Å². The summed E-state index contributed by atoms with van der Waals surface area (Å²) in [4.78, 5) is 2.67. The predicted molar refractivity (Wildman–Crippen MR) is 88.6 cm³/mol. The summed E-state index contributed by atoms with van der Waals surface area (Å²) in [5.74, 6) is 1.99. The number of likely N-dealkylation sites (tertiary alicyclic amines) is 1. The number of rotatable bonds is 5. The Hall–Kier alpha value is -1.58. The minimum atomic E-state index is 0.639. The predicted octanol–water partition coefficient (Wildman–Crippen LogP) is 3.66. The molecule has 2 fully saturated rings. The zero-order chi connectivity index (χ0) is 14.8. The SMILES string of the molecule is c1ccc(-c2ccc(CNC3CCN(C4CC4)CC3)o2)cc1. The number of benzene rings is 1. The second-order valence-corrected chi connectivity index (χ2v) is 6.55. The highest BCUT2D eigenvalue weighted by atomic mass is 16.3. The maximum atomic E-state index is 5.96. The summed E-state index contributed by atoms with van der Waals surface area (Å²) in [5, 5.41) is 3.66. The van der Waals surface area contributed by atoms with Crippen molar-refractivity contribution in [2.75, 3.05) is 13.1 Å². The largest absolute Gasteiger partial charge is 0.460 e. The molecule has 22 heavy (non-hydrogen) atoms. The van der Waals surface area contributed by atoms with Crippen molar-refractivity contribution in [3.05, 3.63) is 48.2 Å². The van der Waals surface area contributed by atoms with Gasteiger partial charge in [0.2, 0.25) is 0 Å². The zero-order valence-electron chi connectivity index (χ0n) is 13.0. The van der Waals surface area contributed by atoms with E-state index in [0.29, 0.717) is 6.04 Å². The zero-order valence-corrected chi connectivity index (χ0v) is 13.0. The van der Waals surface area contributed by atoms with Crippen LogP contribution in [-0.2, 0) is 6.54 Å². The molecule has 0 spiro atoms. The van der Waals surface area contributed by atoms with Crippen molar-refractivity contribution < 1.29 is 4.42 Å². The lowest BCUT2D eigenvalue weighted by atomic mass is 10.0. The van der Waals surface area contributed by atoms with E-state index in [1.807, 2.05) is 18.2 Å². The van der Waals surface area contributed by atoms with Crippen LogP contribution >= 0.6 is 0 Å². The molecule has 3 nitrogen and oxygen atoms in total. The topological polar surface area (TPSA) is 28.4 Å². The van der Waals surface area contributed by atoms with Crippen LogP contribution in [0.3, 0.4) is 0 Å². The van der Waals surface area contributed by atoms with Crippen molar-refractivity contribution in [3.8, 4) is 11.3 Å². The average molecular weight is 296 g/mol. The van der Waals surface area contributed by atoms with E-state index in [-0.39, 0.29) is 0 Å². The highest BCUT2D eigenvalue weighted by Gasteiger charge is 2.31. The first-order valence-electron chi connectivity index (χ1n) is 8.50. The third kappa shape index (κ3) is 3.26. The van der Waals surface area contributed by atoms with Gasteiger partial charge in [-0.1, -0.05) is 30.3 Å². The first kappa shape index (κ1) is 14.0. The molecule has 1 aromatic heterocycles. The quantitative estimate of drug-likeness (QED) is 0.912. The molecule has 1 saturated heterocycles. The van der Waals surface area contributed by atoms with Crippen LogP contribution in [0.25, 0.3) is 11.3 Å². The van der Waals surface area contributed by atoms with Crippen molar-refractivity contribution in [2.24, 2.45) is 0 Å². The molecule has 1 aromatic carbocycles. The van der Waals surface area contributed by atoms with Gasteiger partial charge in [0.15, 0.2) is 0 Å². The van der Waals surface area contributed by atoms with Crippen molar-refractivity contribution in [1.29, 1.82) is 0 Å². The molecular weight excluding hydrogens is 272 g/mol. The molecule has 1 aliphatic carbocycles. The van der Waals surface area contributed by atoms with E-state index in [1.165, 1.54) is 38.8 Å². The van der Waals surface area contributed by atoms with E-state index in [1.54, 1.807) is 0 Å². The fourth-order valence-electron chi connectivity index (χ4n) is 3.38. The van der Waals surface area contributed by atoms with Gasteiger partial charge in [-0.3, -0.25) is 0 Å². The molecule has 116 valence electrons. The van der Waals surface area contributed by atoms with Gasteiger partial charge in [0.05, 0.1) is 6.54 Å². The third-order valence-corrected chi connectivity index (χ3v) is 4.88. The molecule has 2 heterocycles. The van der Waals surface area contributed by atoms with E-state index in [4.69, 9.17) is 4.42 Å². The fraction of sp³-hybridized carbons (Fsp3) is 0.474. The Balaban J connectivity index is 1.28. The number of furan rings is 1. The van der Waals surface area contributed by atoms with Gasteiger partial charge in [-0.25, -0.2) is 0 Å². The van der Waals surface area contributed by atoms with Crippen LogP contribution in [0.4, 0.5) is 0 Å². The summed E-state index contributed by atoms with van der Waals surface area (Å²) in [6.45, 7) is 3.35. The van der Waals surface area contributed by atoms with E-state index in [9.17, 15) is 0 Å². The molecule has 0 radical (unpaired) electrons. The van der Waals surface area contributed by atoms with Gasteiger partial charge in [0.1, 0.15) is 11.5 Å². The maximum absolute atomic E-state index is 5.96. The molecule has 2 aromatic rings. The molecular formula is C19H24N2O. The van der Waals surface area contributed by atoms with Crippen LogP contribution in [0, 0.1) is 0 Å². The summed E-state index contributed by atoms with van der Waals surface area (Å²) in [5.41, 5.74) is 1.14. The highest BCUT2D eigenvalue weighted by Crippen LogP contribution is 2.29. The van der Waals surface area contributed by atoms with Crippen LogP contribution in [-0.4, -0.2) is 30.1 Å². The first-order chi connectivity index (χ1) is 10.9. The van der Waals surface area contributed by atoms with Crippen molar-refractivity contribution in [1.82, 2.24) is 10.2 Å². The molecule has 1 N–H and O–H groups in total. The van der Waals surface area contributed by atoms with E-state index < -0.39 is 0 Å². The molecule has 1 aliphatic heterocycles. The first-order valence-corrected chi connectivity index (χ1v) is 8.50. The maximum Gasteiger partial charge on any atom is 0.134 e. The molecule has 2 aliphatic rings. The van der Waals surface area contributed by atoms with Gasteiger partial charge in [-0.05, 0) is 50.9 Å². The van der Waals surface area contributed by atoms with Crippen LogP contribution < -0.4 is 5.32 Å². The standard InChI is InChI=1S/C19H24N2O/c1-2-4-15(5-3-1)19-9-8-18(22-19)14-20-16-10-12-21(13-11-16)17-6-7-17/h1-5,8-9,16-17,20H,6-7,10-14H2. The number of nitrogens with zero attached hydrogens (tertiary/aromatic N) is 1. The monoisotopic (exact) mass is 296 g/mol. The highest BCUT2D eigenvalue weighted by molar-refractivity contribution is 5.57. The minimum Gasteiger partial charge on any atom is -0.460 e. The molecule has 4 rings (SSSR count). The van der Waals surface area contributed by atoms with Gasteiger partial charge < -0.3 is 14.6 Å². The Morgan fingerprint density at radius 1 is 0.955 bits per heavy atom. The number of nitrogens with one attached hydrogen (secondary N) is 1. The Morgan fingerprint density at radius 2 is 1.73 bits per heavy atom. The normalized spacial score (nSPS) is 20.4. The van der Waals surface area contributed by atoms with E-state index >= 15 is 0 Å². The van der Waals surface area contributed by atoms with Gasteiger partial charge in [-0.15, -0.1) is 0 Å². The van der Waals surface area contributed by atoms with Crippen molar-refractivity contribution >= 4 is 0 Å². The summed E-state index contributed by atoms with van der Waals surface area (Å²) in [6, 6.07) is 16.0. The van der Waals surface area contributed by atoms with Crippen LogP contribution in [0.2, 0.25) is 0 Å². The Kier molecular flexibility index (Phi) is 4.00.